The summed E-state index contributed by atoms with van der Waals surface area (Å²) in [5.74, 6) is 0.621. The van der Waals surface area contributed by atoms with Crippen LogP contribution in [0.4, 0.5) is 11.8 Å². The molecule has 12 nitrogen and oxygen atoms in total. The molecule has 2 amide bonds. The van der Waals surface area contributed by atoms with Gasteiger partial charge in [0.1, 0.15) is 5.82 Å². The molecular weight excluding hydrogens is 550 g/mol. The fourth-order valence-corrected chi connectivity index (χ4v) is 5.27. The molecule has 1 aromatic heterocycles. The van der Waals surface area contributed by atoms with Crippen molar-refractivity contribution in [3.8, 4) is 11.5 Å². The predicted octanol–water partition coefficient (Wildman–Crippen LogP) is 3.51. The second-order valence-corrected chi connectivity index (χ2v) is 10.1. The first kappa shape index (κ1) is 29.3. The van der Waals surface area contributed by atoms with Gasteiger partial charge in [0.15, 0.2) is 11.5 Å². The molecule has 1 atom stereocenters. The van der Waals surface area contributed by atoms with E-state index in [1.54, 1.807) is 18.5 Å². The number of allylic oxidation sites excluding steroid dienone is 1. The third kappa shape index (κ3) is 6.33. The van der Waals surface area contributed by atoms with Gasteiger partial charge in [-0.3, -0.25) is 14.8 Å². The number of anilines is 2. The second-order valence-electron chi connectivity index (χ2n) is 10.1. The highest BCUT2D eigenvalue weighted by molar-refractivity contribution is 5.95. The molecule has 2 aliphatic heterocycles. The van der Waals surface area contributed by atoms with E-state index in [9.17, 15) is 14.8 Å². The number of hydrazone groups is 1. The van der Waals surface area contributed by atoms with Crippen LogP contribution in [0.5, 0.6) is 11.5 Å². The van der Waals surface area contributed by atoms with Crippen molar-refractivity contribution in [2.24, 2.45) is 5.10 Å². The van der Waals surface area contributed by atoms with E-state index in [-0.39, 0.29) is 36.2 Å². The number of hydroxylamine groups is 2. The Morgan fingerprint density at radius 2 is 2.00 bits per heavy atom. The number of benzene rings is 2. The molecule has 2 aliphatic rings. The molecule has 222 valence electrons. The van der Waals surface area contributed by atoms with Crippen molar-refractivity contribution in [1.29, 1.82) is 0 Å². The molecule has 3 heterocycles. The van der Waals surface area contributed by atoms with Crippen molar-refractivity contribution in [2.75, 3.05) is 32.2 Å². The first-order chi connectivity index (χ1) is 20.8. The molecule has 0 bridgehead atoms. The Bertz CT molecular complexity index is 1630. The quantitative estimate of drug-likeness (QED) is 0.252. The fraction of sp³-hybridized carbons (Fsp3) is 0.258. The van der Waals surface area contributed by atoms with Crippen LogP contribution in [0.2, 0.25) is 0 Å². The van der Waals surface area contributed by atoms with Gasteiger partial charge < -0.3 is 20.9 Å². The molecule has 1 unspecified atom stereocenters. The molecule has 0 spiro atoms. The summed E-state index contributed by atoms with van der Waals surface area (Å²) in [5.41, 5.74) is 16.3. The lowest BCUT2D eigenvalue weighted by Gasteiger charge is -2.31. The van der Waals surface area contributed by atoms with E-state index in [0.29, 0.717) is 53.9 Å². The van der Waals surface area contributed by atoms with Crippen molar-refractivity contribution < 1.29 is 24.3 Å². The third-order valence-electron chi connectivity index (χ3n) is 7.41. The lowest BCUT2D eigenvalue weighted by Crippen LogP contribution is -2.32. The van der Waals surface area contributed by atoms with E-state index in [1.165, 1.54) is 25.3 Å². The highest BCUT2D eigenvalue weighted by Gasteiger charge is 2.29. The number of methoxy groups -OCH3 is 2. The summed E-state index contributed by atoms with van der Waals surface area (Å²) in [6.07, 6.45) is 10.2. The SMILES string of the molecule is COc1cc(Cc2cnc(N)nc2N)cc(/C=C/C(=O)N2N=Cc3ccccc3C2CC/C=C2/CCN(O)C2=O)c1OC. The number of ether oxygens (including phenoxy) is 2. The number of nitrogen functional groups attached to an aromatic ring is 2. The Balaban J connectivity index is 1.40. The molecule has 0 radical (unpaired) electrons. The number of rotatable bonds is 9. The average Bonchev–Trinajstić information content (AvgIpc) is 3.33. The van der Waals surface area contributed by atoms with Crippen molar-refractivity contribution >= 4 is 35.9 Å². The van der Waals surface area contributed by atoms with Crippen LogP contribution in [0.1, 0.15) is 53.1 Å². The highest BCUT2D eigenvalue weighted by atomic mass is 16.5. The van der Waals surface area contributed by atoms with Crippen LogP contribution in [-0.4, -0.2) is 64.0 Å². The van der Waals surface area contributed by atoms with Crippen molar-refractivity contribution in [3.63, 3.8) is 0 Å². The van der Waals surface area contributed by atoms with Crippen LogP contribution in [0.15, 0.2) is 65.4 Å². The van der Waals surface area contributed by atoms with Crippen LogP contribution in [0, 0.1) is 0 Å². The van der Waals surface area contributed by atoms with Gasteiger partial charge in [0.25, 0.3) is 11.8 Å². The minimum Gasteiger partial charge on any atom is -0.493 e. The lowest BCUT2D eigenvalue weighted by molar-refractivity contribution is -0.154. The number of nitrogens with zero attached hydrogens (tertiary/aromatic N) is 5. The number of hydrogen-bond donors (Lipinski definition) is 3. The summed E-state index contributed by atoms with van der Waals surface area (Å²) in [6.45, 7) is 0.285. The molecule has 1 saturated heterocycles. The first-order valence-corrected chi connectivity index (χ1v) is 13.7. The van der Waals surface area contributed by atoms with Gasteiger partial charge in [-0.05, 0) is 54.2 Å². The van der Waals surface area contributed by atoms with Gasteiger partial charge in [-0.15, -0.1) is 0 Å². The summed E-state index contributed by atoms with van der Waals surface area (Å²) in [7, 11) is 3.07. The van der Waals surface area contributed by atoms with Gasteiger partial charge >= 0.3 is 0 Å². The number of aromatic nitrogens is 2. The number of carbonyl (C=O) groups is 2. The molecule has 2 aromatic carbocycles. The van der Waals surface area contributed by atoms with E-state index in [4.69, 9.17) is 20.9 Å². The summed E-state index contributed by atoms with van der Waals surface area (Å²) in [5, 5.41) is 16.3. The van der Waals surface area contributed by atoms with Gasteiger partial charge in [0, 0.05) is 35.4 Å². The number of nitrogens with two attached hydrogens (primary N) is 2. The molecule has 0 aliphatic carbocycles. The Labute approximate surface area is 248 Å². The number of carbonyl (C=O) groups excluding carboxylic acids is 2. The zero-order valence-electron chi connectivity index (χ0n) is 23.9. The molecule has 12 heteroatoms. The Kier molecular flexibility index (Phi) is 8.67. The van der Waals surface area contributed by atoms with Crippen LogP contribution < -0.4 is 20.9 Å². The van der Waals surface area contributed by atoms with Crippen LogP contribution in [-0.2, 0) is 16.0 Å². The van der Waals surface area contributed by atoms with Crippen LogP contribution in [0.25, 0.3) is 6.08 Å². The minimum atomic E-state index is -0.379. The van der Waals surface area contributed by atoms with E-state index in [2.05, 4.69) is 15.1 Å². The second kappa shape index (κ2) is 12.7. The minimum absolute atomic E-state index is 0.0949. The zero-order chi connectivity index (χ0) is 30.5. The largest absolute Gasteiger partial charge is 0.493 e. The maximum atomic E-state index is 13.6. The van der Waals surface area contributed by atoms with E-state index in [0.717, 1.165) is 21.8 Å². The molecular formula is C31H33N7O5. The zero-order valence-corrected chi connectivity index (χ0v) is 23.9. The summed E-state index contributed by atoms with van der Waals surface area (Å²) in [6, 6.07) is 11.1. The topological polar surface area (TPSA) is 169 Å². The third-order valence-corrected chi connectivity index (χ3v) is 7.41. The summed E-state index contributed by atoms with van der Waals surface area (Å²) in [4.78, 5) is 33.8. The van der Waals surface area contributed by atoms with Gasteiger partial charge in [0.2, 0.25) is 5.95 Å². The standard InChI is InChI=1S/C31H33N7O5/c1-42-26-16-19(15-23-17-34-31(33)36-29(23)32)14-21(28(26)43-2)10-11-27(39)38-25(24-8-4-3-6-22(24)18-35-38)9-5-7-20-12-13-37(41)30(20)40/h3-4,6-8,10-11,14,16-18,25,41H,5,9,12-13,15H2,1-2H3,(H4,32,33,34,36)/b11-10+,20-7-. The predicted molar refractivity (Wildman–Crippen MR) is 161 cm³/mol. The molecule has 1 fully saturated rings. The molecule has 0 saturated carbocycles. The van der Waals surface area contributed by atoms with Gasteiger partial charge in [-0.25, -0.2) is 15.1 Å². The molecule has 5 N–H and O–H groups in total. The van der Waals surface area contributed by atoms with Crippen molar-refractivity contribution in [1.82, 2.24) is 20.0 Å². The monoisotopic (exact) mass is 583 g/mol. The van der Waals surface area contributed by atoms with Gasteiger partial charge in [0.05, 0.1) is 33.0 Å². The number of hydrogen-bond acceptors (Lipinski definition) is 10. The first-order valence-electron chi connectivity index (χ1n) is 13.7. The van der Waals surface area contributed by atoms with E-state index < -0.39 is 0 Å². The normalized spacial score (nSPS) is 17.1. The maximum Gasteiger partial charge on any atom is 0.272 e. The van der Waals surface area contributed by atoms with Crippen LogP contribution in [0.3, 0.4) is 0 Å². The van der Waals surface area contributed by atoms with E-state index in [1.807, 2.05) is 42.5 Å². The number of amides is 2. The number of fused-ring (bicyclic) bond motifs is 1. The Hall–Kier alpha value is -5.23. The Morgan fingerprint density at radius 3 is 2.72 bits per heavy atom. The highest BCUT2D eigenvalue weighted by Crippen LogP contribution is 2.36. The van der Waals surface area contributed by atoms with Crippen molar-refractivity contribution in [2.45, 2.75) is 31.7 Å². The van der Waals surface area contributed by atoms with Crippen molar-refractivity contribution in [3.05, 3.63) is 88.1 Å². The summed E-state index contributed by atoms with van der Waals surface area (Å²) >= 11 is 0. The molecule has 5 rings (SSSR count). The molecule has 3 aromatic rings. The lowest BCUT2D eigenvalue weighted by atomic mass is 9.94. The maximum absolute atomic E-state index is 13.6. The average molecular weight is 584 g/mol. The fourth-order valence-electron chi connectivity index (χ4n) is 5.27. The van der Waals surface area contributed by atoms with E-state index >= 15 is 0 Å². The Morgan fingerprint density at radius 1 is 1.19 bits per heavy atom. The molecule has 43 heavy (non-hydrogen) atoms. The van der Waals surface area contributed by atoms with Crippen LogP contribution >= 0.6 is 0 Å². The van der Waals surface area contributed by atoms with Gasteiger partial charge in [-0.2, -0.15) is 10.1 Å². The summed E-state index contributed by atoms with van der Waals surface area (Å²) < 4.78 is 11.2. The van der Waals surface area contributed by atoms with Gasteiger partial charge in [-0.1, -0.05) is 30.3 Å². The smallest absolute Gasteiger partial charge is 0.272 e.